The minimum Gasteiger partial charge on any atom is -0.454 e. The van der Waals surface area contributed by atoms with Gasteiger partial charge in [-0.3, -0.25) is 4.79 Å². The van der Waals surface area contributed by atoms with E-state index < -0.39 is 0 Å². The predicted octanol–water partition coefficient (Wildman–Crippen LogP) is 3.81. The van der Waals surface area contributed by atoms with Crippen LogP contribution in [0.1, 0.15) is 63.6 Å². The highest BCUT2D eigenvalue weighted by molar-refractivity contribution is 5.98. The fourth-order valence-corrected chi connectivity index (χ4v) is 3.73. The molecule has 1 N–H and O–H groups in total. The first-order valence-corrected chi connectivity index (χ1v) is 8.90. The molecule has 1 heterocycles. The van der Waals surface area contributed by atoms with Crippen molar-refractivity contribution in [2.24, 2.45) is 0 Å². The van der Waals surface area contributed by atoms with E-state index in [2.05, 4.69) is 5.32 Å². The van der Waals surface area contributed by atoms with Crippen LogP contribution in [0.4, 0.5) is 0 Å². The maximum atomic E-state index is 12.5. The average molecular weight is 335 g/mol. The standard InChI is InChI=1S/C21H21NO3/c23-20(22-17-8-4-5-9-17)15-10-11-18-16(12-15)13-19(25-21(18)24)14-6-2-1-3-7-14/h1-3,6-7,10-12,17,19H,4-5,8-9,13H2,(H,22,23). The number of benzene rings is 2. The smallest absolute Gasteiger partial charge is 0.339 e. The van der Waals surface area contributed by atoms with E-state index in [-0.39, 0.29) is 24.0 Å². The van der Waals surface area contributed by atoms with Crippen LogP contribution < -0.4 is 5.32 Å². The van der Waals surface area contributed by atoms with Gasteiger partial charge in [0.2, 0.25) is 0 Å². The molecule has 0 bridgehead atoms. The third-order valence-electron chi connectivity index (χ3n) is 5.10. The van der Waals surface area contributed by atoms with E-state index in [0.717, 1.165) is 24.0 Å². The molecule has 25 heavy (non-hydrogen) atoms. The largest absolute Gasteiger partial charge is 0.454 e. The lowest BCUT2D eigenvalue weighted by atomic mass is 9.93. The minimum absolute atomic E-state index is 0.0510. The Hall–Kier alpha value is -2.62. The number of hydrogen-bond donors (Lipinski definition) is 1. The van der Waals surface area contributed by atoms with Crippen molar-refractivity contribution in [3.63, 3.8) is 0 Å². The molecular formula is C21H21NO3. The second kappa shape index (κ2) is 6.71. The van der Waals surface area contributed by atoms with Gasteiger partial charge in [-0.2, -0.15) is 0 Å². The van der Waals surface area contributed by atoms with Crippen molar-refractivity contribution in [1.82, 2.24) is 5.32 Å². The number of carbonyl (C=O) groups is 2. The van der Waals surface area contributed by atoms with Crippen LogP contribution in [0.2, 0.25) is 0 Å². The van der Waals surface area contributed by atoms with Gasteiger partial charge >= 0.3 is 5.97 Å². The van der Waals surface area contributed by atoms with Gasteiger partial charge in [0.05, 0.1) is 5.56 Å². The molecule has 1 amide bonds. The Morgan fingerprint density at radius 2 is 1.80 bits per heavy atom. The van der Waals surface area contributed by atoms with E-state index in [1.807, 2.05) is 36.4 Å². The van der Waals surface area contributed by atoms with Crippen LogP contribution >= 0.6 is 0 Å². The van der Waals surface area contributed by atoms with Crippen LogP contribution in [0.5, 0.6) is 0 Å². The molecule has 1 saturated carbocycles. The summed E-state index contributed by atoms with van der Waals surface area (Å²) in [5.74, 6) is -0.372. The predicted molar refractivity (Wildman–Crippen MR) is 94.5 cm³/mol. The third kappa shape index (κ3) is 3.29. The first-order valence-electron chi connectivity index (χ1n) is 8.90. The van der Waals surface area contributed by atoms with Gasteiger partial charge < -0.3 is 10.1 Å². The molecule has 1 unspecified atom stereocenters. The molecule has 1 fully saturated rings. The van der Waals surface area contributed by atoms with Crippen molar-refractivity contribution in [2.75, 3.05) is 0 Å². The Morgan fingerprint density at radius 3 is 2.56 bits per heavy atom. The fraction of sp³-hybridized carbons (Fsp3) is 0.333. The molecule has 4 rings (SSSR count). The lowest BCUT2D eigenvalue weighted by Gasteiger charge is -2.25. The molecule has 0 radical (unpaired) electrons. The van der Waals surface area contributed by atoms with Gasteiger partial charge in [0, 0.05) is 18.0 Å². The van der Waals surface area contributed by atoms with Crippen LogP contribution in [-0.4, -0.2) is 17.9 Å². The van der Waals surface area contributed by atoms with E-state index in [4.69, 9.17) is 4.74 Å². The molecule has 1 aliphatic carbocycles. The number of cyclic esters (lactones) is 1. The Bertz CT molecular complexity index is 794. The molecule has 0 spiro atoms. The van der Waals surface area contributed by atoms with Crippen molar-refractivity contribution < 1.29 is 14.3 Å². The van der Waals surface area contributed by atoms with E-state index in [9.17, 15) is 9.59 Å². The summed E-state index contributed by atoms with van der Waals surface area (Å²) in [4.78, 5) is 24.8. The number of amides is 1. The maximum absolute atomic E-state index is 12.5. The van der Waals surface area contributed by atoms with Gasteiger partial charge in [-0.1, -0.05) is 43.2 Å². The number of hydrogen-bond acceptors (Lipinski definition) is 3. The summed E-state index contributed by atoms with van der Waals surface area (Å²) in [6, 6.07) is 15.3. The molecule has 1 aliphatic heterocycles. The highest BCUT2D eigenvalue weighted by Gasteiger charge is 2.28. The molecule has 2 aliphatic rings. The van der Waals surface area contributed by atoms with Crippen LogP contribution in [0.15, 0.2) is 48.5 Å². The molecular weight excluding hydrogens is 314 g/mol. The second-order valence-electron chi connectivity index (χ2n) is 6.84. The van der Waals surface area contributed by atoms with Gasteiger partial charge in [0.25, 0.3) is 5.91 Å². The zero-order valence-electron chi connectivity index (χ0n) is 14.0. The zero-order valence-corrected chi connectivity index (χ0v) is 14.0. The zero-order chi connectivity index (χ0) is 17.2. The SMILES string of the molecule is O=C(NC1CCCC1)c1ccc2c(c1)CC(c1ccccc1)OC2=O. The van der Waals surface area contributed by atoms with E-state index in [0.29, 0.717) is 17.5 Å². The van der Waals surface area contributed by atoms with Crippen molar-refractivity contribution >= 4 is 11.9 Å². The Balaban J connectivity index is 1.56. The summed E-state index contributed by atoms with van der Waals surface area (Å²) in [5.41, 5.74) is 3.03. The average Bonchev–Trinajstić information content (AvgIpc) is 3.15. The quantitative estimate of drug-likeness (QED) is 0.868. The minimum atomic E-state index is -0.321. The molecule has 1 atom stereocenters. The van der Waals surface area contributed by atoms with Crippen LogP contribution in [0, 0.1) is 0 Å². The van der Waals surface area contributed by atoms with Gasteiger partial charge in [0.1, 0.15) is 6.10 Å². The number of fused-ring (bicyclic) bond motifs is 1. The lowest BCUT2D eigenvalue weighted by Crippen LogP contribution is -2.33. The number of carbonyl (C=O) groups excluding carboxylic acids is 2. The monoisotopic (exact) mass is 335 g/mol. The summed E-state index contributed by atoms with van der Waals surface area (Å²) < 4.78 is 5.57. The van der Waals surface area contributed by atoms with Crippen molar-refractivity contribution in [2.45, 2.75) is 44.2 Å². The highest BCUT2D eigenvalue weighted by atomic mass is 16.5. The number of ether oxygens (including phenoxy) is 1. The number of nitrogens with one attached hydrogen (secondary N) is 1. The van der Waals surface area contributed by atoms with Crippen LogP contribution in [-0.2, 0) is 11.2 Å². The van der Waals surface area contributed by atoms with E-state index >= 15 is 0 Å². The number of rotatable bonds is 3. The Labute approximate surface area is 147 Å². The first-order chi connectivity index (χ1) is 12.2. The van der Waals surface area contributed by atoms with E-state index in [1.54, 1.807) is 12.1 Å². The lowest BCUT2D eigenvalue weighted by molar-refractivity contribution is 0.0252. The summed E-state index contributed by atoms with van der Waals surface area (Å²) in [5, 5.41) is 3.10. The van der Waals surface area contributed by atoms with Crippen molar-refractivity contribution in [1.29, 1.82) is 0 Å². The number of esters is 1. The summed E-state index contributed by atoms with van der Waals surface area (Å²) >= 11 is 0. The Kier molecular flexibility index (Phi) is 4.26. The maximum Gasteiger partial charge on any atom is 0.339 e. The van der Waals surface area contributed by atoms with Crippen LogP contribution in [0.25, 0.3) is 0 Å². The summed E-state index contributed by atoms with van der Waals surface area (Å²) in [6.45, 7) is 0. The van der Waals surface area contributed by atoms with E-state index in [1.165, 1.54) is 12.8 Å². The van der Waals surface area contributed by atoms with Gasteiger partial charge in [-0.05, 0) is 42.2 Å². The molecule has 0 aromatic heterocycles. The van der Waals surface area contributed by atoms with Gasteiger partial charge in [0.15, 0.2) is 0 Å². The van der Waals surface area contributed by atoms with Crippen LogP contribution in [0.3, 0.4) is 0 Å². The second-order valence-corrected chi connectivity index (χ2v) is 6.84. The van der Waals surface area contributed by atoms with Crippen molar-refractivity contribution in [3.05, 3.63) is 70.8 Å². The third-order valence-corrected chi connectivity index (χ3v) is 5.10. The molecule has 2 aromatic rings. The molecule has 128 valence electrons. The fourth-order valence-electron chi connectivity index (χ4n) is 3.73. The van der Waals surface area contributed by atoms with Gasteiger partial charge in [-0.15, -0.1) is 0 Å². The molecule has 0 saturated heterocycles. The topological polar surface area (TPSA) is 55.4 Å². The summed E-state index contributed by atoms with van der Waals surface area (Å²) in [6.07, 6.45) is 4.77. The Morgan fingerprint density at radius 1 is 1.04 bits per heavy atom. The summed E-state index contributed by atoms with van der Waals surface area (Å²) in [7, 11) is 0. The first kappa shape index (κ1) is 15.9. The molecule has 2 aromatic carbocycles. The molecule has 4 nitrogen and oxygen atoms in total. The van der Waals surface area contributed by atoms with Crippen molar-refractivity contribution in [3.8, 4) is 0 Å². The van der Waals surface area contributed by atoms with Gasteiger partial charge in [-0.25, -0.2) is 4.79 Å². The molecule has 4 heteroatoms. The normalized spacial score (nSPS) is 20.0. The highest BCUT2D eigenvalue weighted by Crippen LogP contribution is 2.31.